The molecule has 5 rings (SSSR count). The highest BCUT2D eigenvalue weighted by atomic mass is 127. The van der Waals surface area contributed by atoms with Gasteiger partial charge in [-0.1, -0.05) is 24.1 Å². The van der Waals surface area contributed by atoms with Crippen molar-refractivity contribution in [2.45, 2.75) is 0 Å². The average molecular weight is 611 g/mol. The highest BCUT2D eigenvalue weighted by Gasteiger charge is 2.16. The molecule has 1 aliphatic heterocycles. The van der Waals surface area contributed by atoms with Crippen LogP contribution in [0.3, 0.4) is 0 Å². The number of morpholine rings is 1. The molecule has 1 N–H and O–H groups in total. The van der Waals surface area contributed by atoms with Crippen LogP contribution in [0.25, 0.3) is 16.7 Å². The Morgan fingerprint density at radius 2 is 1.92 bits per heavy atom. The molecule has 0 unspecified atom stereocenters. The minimum atomic E-state index is -0.214. The topological polar surface area (TPSA) is 81.5 Å². The zero-order valence-electron chi connectivity index (χ0n) is 19.4. The number of halogens is 1. The van der Waals surface area contributed by atoms with Crippen molar-refractivity contribution in [1.29, 1.82) is 0 Å². The summed E-state index contributed by atoms with van der Waals surface area (Å²) in [5.74, 6) is 4.05. The summed E-state index contributed by atoms with van der Waals surface area (Å²) >= 11 is 2.10. The molecule has 182 valence electrons. The lowest BCUT2D eigenvalue weighted by atomic mass is 10.2. The van der Waals surface area contributed by atoms with Crippen molar-refractivity contribution in [3.05, 3.63) is 76.7 Å². The van der Waals surface area contributed by atoms with Crippen molar-refractivity contribution in [3.8, 4) is 22.6 Å². The lowest BCUT2D eigenvalue weighted by molar-refractivity contribution is 0.122. The van der Waals surface area contributed by atoms with Gasteiger partial charge in [-0.05, 0) is 38.5 Å². The van der Waals surface area contributed by atoms with E-state index in [-0.39, 0.29) is 5.56 Å². The minimum Gasteiger partial charge on any atom is -0.494 e. The van der Waals surface area contributed by atoms with Gasteiger partial charge in [0.25, 0.3) is 5.56 Å². The summed E-state index contributed by atoms with van der Waals surface area (Å²) in [7, 11) is 2.99. The number of methoxy groups -OCH3 is 1. The first kappa shape index (κ1) is 24.4. The van der Waals surface area contributed by atoms with E-state index < -0.39 is 0 Å². The molecule has 0 radical (unpaired) electrons. The first-order valence-electron chi connectivity index (χ1n) is 11.2. The Kier molecular flexibility index (Phi) is 7.60. The number of rotatable bonds is 5. The van der Waals surface area contributed by atoms with Gasteiger partial charge in [0.2, 0.25) is 5.95 Å². The van der Waals surface area contributed by atoms with Crippen molar-refractivity contribution in [1.82, 2.24) is 14.5 Å². The van der Waals surface area contributed by atoms with Gasteiger partial charge in [0, 0.05) is 63.9 Å². The van der Waals surface area contributed by atoms with Crippen molar-refractivity contribution in [3.63, 3.8) is 0 Å². The zero-order valence-corrected chi connectivity index (χ0v) is 22.4. The van der Waals surface area contributed by atoms with E-state index >= 15 is 0 Å². The van der Waals surface area contributed by atoms with Gasteiger partial charge in [0.15, 0.2) is 5.65 Å². The number of hydrogen-bond donors (Lipinski definition) is 1. The van der Waals surface area contributed by atoms with Crippen LogP contribution in [-0.2, 0) is 4.74 Å². The first-order chi connectivity index (χ1) is 17.7. The number of fused-ring (bicyclic) bond motifs is 1. The van der Waals surface area contributed by atoms with Crippen LogP contribution in [0.5, 0.6) is 5.75 Å². The van der Waals surface area contributed by atoms with E-state index in [1.54, 1.807) is 17.9 Å². The molecule has 1 fully saturated rings. The van der Waals surface area contributed by atoms with Crippen LogP contribution >= 0.6 is 30.1 Å². The maximum Gasteiger partial charge on any atom is 0.258 e. The van der Waals surface area contributed by atoms with E-state index in [9.17, 15) is 4.79 Å². The summed E-state index contributed by atoms with van der Waals surface area (Å²) in [5.41, 5.74) is 3.35. The fraction of sp³-hybridized carbons (Fsp3) is 0.192. The third-order valence-corrected chi connectivity index (χ3v) is 6.65. The smallest absolute Gasteiger partial charge is 0.258 e. The molecule has 0 atom stereocenters. The van der Waals surface area contributed by atoms with Gasteiger partial charge in [-0.3, -0.25) is 9.36 Å². The molecule has 4 aromatic rings. The van der Waals surface area contributed by atoms with Crippen LogP contribution in [0, 0.1) is 11.2 Å². The monoisotopic (exact) mass is 611 g/mol. The summed E-state index contributed by atoms with van der Waals surface area (Å²) in [6.45, 7) is 3.09. The Labute approximate surface area is 224 Å². The summed E-state index contributed by atoms with van der Waals surface area (Å²) in [6.07, 6.45) is 1.69. The van der Waals surface area contributed by atoms with E-state index in [1.807, 2.05) is 48.5 Å². The Bertz CT molecular complexity index is 1510. The Balaban J connectivity index is 1.58. The van der Waals surface area contributed by atoms with Gasteiger partial charge in [-0.2, -0.15) is 4.98 Å². The fourth-order valence-electron chi connectivity index (χ4n) is 4.09. The van der Waals surface area contributed by atoms with Crippen molar-refractivity contribution < 1.29 is 9.47 Å². The molecular weight excluding hydrogens is 589 g/mol. The first-order valence-corrected chi connectivity index (χ1v) is 14.6. The number of benzene rings is 2. The second kappa shape index (κ2) is 11.2. The SMILES string of the molecule is COc1cc(N2CCOCC2)ccc1Nc1ncc2c(C#CSI)cc(=O)n(-c3ccccc3)c2n1. The highest BCUT2D eigenvalue weighted by Crippen LogP contribution is 2.32. The second-order valence-corrected chi connectivity index (χ2v) is 9.59. The van der Waals surface area contributed by atoms with Gasteiger partial charge in [-0.25, -0.2) is 4.98 Å². The number of nitrogens with one attached hydrogen (secondary N) is 1. The number of aromatic nitrogens is 3. The zero-order chi connectivity index (χ0) is 24.9. The van der Waals surface area contributed by atoms with Crippen LogP contribution < -0.4 is 20.5 Å². The largest absolute Gasteiger partial charge is 0.494 e. The Morgan fingerprint density at radius 1 is 1.11 bits per heavy atom. The molecular formula is C26H22IN5O3S. The standard InChI is InChI=1S/C26H22IN5O3S/c1-34-23-16-20(31-10-12-35-13-11-31)7-8-22(23)29-26-28-17-21-18(9-14-36-27)15-24(33)32(25(21)30-26)19-5-3-2-4-6-19/h2-8,15-17H,10-13H2,1H3,(H,28,29,30). The molecule has 0 bridgehead atoms. The van der Waals surface area contributed by atoms with Gasteiger partial charge in [-0.15, -0.1) is 0 Å². The molecule has 0 saturated carbocycles. The highest BCUT2D eigenvalue weighted by molar-refractivity contribution is 14.2. The predicted molar refractivity (Wildman–Crippen MR) is 153 cm³/mol. The number of ether oxygens (including phenoxy) is 2. The molecule has 1 saturated heterocycles. The van der Waals surface area contributed by atoms with Crippen LogP contribution in [0.4, 0.5) is 17.3 Å². The van der Waals surface area contributed by atoms with Gasteiger partial charge in [0.1, 0.15) is 5.75 Å². The Hall–Kier alpha value is -3.27. The minimum absolute atomic E-state index is 0.214. The van der Waals surface area contributed by atoms with Gasteiger partial charge in [0.05, 0.1) is 37.1 Å². The molecule has 1 aliphatic rings. The van der Waals surface area contributed by atoms with E-state index in [0.29, 0.717) is 47.2 Å². The molecule has 0 spiro atoms. The fourth-order valence-corrected chi connectivity index (χ4v) is 4.57. The summed E-state index contributed by atoms with van der Waals surface area (Å²) < 4.78 is 12.7. The molecule has 0 aliphatic carbocycles. The summed E-state index contributed by atoms with van der Waals surface area (Å²) in [4.78, 5) is 24.7. The molecule has 36 heavy (non-hydrogen) atoms. The van der Waals surface area contributed by atoms with Crippen LogP contribution in [0.1, 0.15) is 5.56 Å². The molecule has 2 aromatic heterocycles. The third-order valence-electron chi connectivity index (χ3n) is 5.81. The molecule has 2 aromatic carbocycles. The maximum absolute atomic E-state index is 13.1. The predicted octanol–water partition coefficient (Wildman–Crippen LogP) is 4.76. The number of hydrogen-bond acceptors (Lipinski definition) is 8. The molecule has 3 heterocycles. The second-order valence-electron chi connectivity index (χ2n) is 7.91. The van der Waals surface area contributed by atoms with Gasteiger partial charge < -0.3 is 19.7 Å². The lowest BCUT2D eigenvalue weighted by Crippen LogP contribution is -2.36. The lowest BCUT2D eigenvalue weighted by Gasteiger charge is -2.29. The van der Waals surface area contributed by atoms with E-state index in [2.05, 4.69) is 47.6 Å². The third kappa shape index (κ3) is 5.13. The van der Waals surface area contributed by atoms with E-state index in [0.717, 1.165) is 24.5 Å². The van der Waals surface area contributed by atoms with Crippen molar-refractivity contribution in [2.75, 3.05) is 43.6 Å². The van der Waals surface area contributed by atoms with E-state index in [4.69, 9.17) is 14.5 Å². The van der Waals surface area contributed by atoms with Crippen molar-refractivity contribution >= 4 is 58.5 Å². The normalized spacial score (nSPS) is 13.2. The summed E-state index contributed by atoms with van der Waals surface area (Å²) in [6, 6.07) is 16.9. The summed E-state index contributed by atoms with van der Waals surface area (Å²) in [5, 5.41) is 6.90. The van der Waals surface area contributed by atoms with Crippen molar-refractivity contribution in [2.24, 2.45) is 0 Å². The number of pyridine rings is 1. The molecule has 10 heteroatoms. The molecule has 0 amide bonds. The average Bonchev–Trinajstić information content (AvgIpc) is 2.92. The van der Waals surface area contributed by atoms with Gasteiger partial charge >= 0.3 is 0 Å². The molecule has 8 nitrogen and oxygen atoms in total. The van der Waals surface area contributed by atoms with Crippen LogP contribution in [-0.4, -0.2) is 47.9 Å². The maximum atomic E-state index is 13.1. The number of anilines is 3. The van der Waals surface area contributed by atoms with Crippen LogP contribution in [0.15, 0.2) is 65.6 Å². The number of nitrogens with zero attached hydrogens (tertiary/aromatic N) is 4. The Morgan fingerprint density at radius 3 is 2.67 bits per heavy atom. The number of para-hydroxylation sites is 1. The van der Waals surface area contributed by atoms with Crippen LogP contribution in [0.2, 0.25) is 0 Å². The quantitative estimate of drug-likeness (QED) is 0.256. The van der Waals surface area contributed by atoms with E-state index in [1.165, 1.54) is 15.0 Å².